The zero-order chi connectivity index (χ0) is 33.2. The van der Waals surface area contributed by atoms with E-state index in [9.17, 15) is 0 Å². The molecule has 1 saturated heterocycles. The van der Waals surface area contributed by atoms with Crippen LogP contribution in [0.15, 0.2) is 78.6 Å². The van der Waals surface area contributed by atoms with Crippen LogP contribution in [-0.4, -0.2) is 37.4 Å². The summed E-state index contributed by atoms with van der Waals surface area (Å²) in [7, 11) is 0. The van der Waals surface area contributed by atoms with Gasteiger partial charge >= 0.3 is 0 Å². The molecule has 0 N–H and O–H groups in total. The van der Waals surface area contributed by atoms with Crippen LogP contribution in [0.25, 0.3) is 0 Å². The summed E-state index contributed by atoms with van der Waals surface area (Å²) in [6.45, 7) is -1.88. The molecule has 1 fully saturated rings. The second kappa shape index (κ2) is 9.54. The molecule has 2 aliphatic heterocycles. The molecule has 0 spiro atoms. The molecule has 31 heavy (non-hydrogen) atoms. The Kier molecular flexibility index (Phi) is 3.01. The van der Waals surface area contributed by atoms with Crippen molar-refractivity contribution in [2.24, 2.45) is 0 Å². The molecule has 3 aromatic rings. The Morgan fingerprint density at radius 1 is 1.03 bits per heavy atom. The number of piperidine rings is 1. The van der Waals surface area contributed by atoms with Gasteiger partial charge in [-0.15, -0.1) is 0 Å². The molecule has 0 aromatic heterocycles. The molecule has 4 heteroatoms. The summed E-state index contributed by atoms with van der Waals surface area (Å²) in [4.78, 5) is 1.78. The quantitative estimate of drug-likeness (QED) is 0.515. The van der Waals surface area contributed by atoms with E-state index in [0.717, 1.165) is 0 Å². The van der Waals surface area contributed by atoms with Crippen molar-refractivity contribution in [3.8, 4) is 11.5 Å². The summed E-state index contributed by atoms with van der Waals surface area (Å²) in [6.07, 6.45) is -3.37. The number of likely N-dealkylation sites (tertiary alicyclic amines) is 1. The second-order valence-electron chi connectivity index (χ2n) is 7.22. The summed E-state index contributed by atoms with van der Waals surface area (Å²) in [5, 5.41) is 0. The fourth-order valence-corrected chi connectivity index (χ4v) is 3.62. The van der Waals surface area contributed by atoms with Gasteiger partial charge in [0.05, 0.1) is 19.8 Å². The maximum atomic E-state index is 8.76. The number of benzene rings is 3. The van der Waals surface area contributed by atoms with Crippen LogP contribution in [-0.2, 0) is 11.1 Å². The first-order valence-corrected chi connectivity index (χ1v) is 9.97. The largest absolute Gasteiger partial charge is 0.454 e. The molecule has 3 aromatic carbocycles. The summed E-state index contributed by atoms with van der Waals surface area (Å²) in [6, 6.07) is -2.20. The fourth-order valence-electron chi connectivity index (χ4n) is 3.62. The van der Waals surface area contributed by atoms with Crippen molar-refractivity contribution in [2.75, 3.05) is 26.4 Å². The van der Waals surface area contributed by atoms with Crippen LogP contribution in [0.5, 0.6) is 11.5 Å². The Balaban J connectivity index is 1.48. The number of rotatable bonds is 7. The second-order valence-corrected chi connectivity index (χ2v) is 7.22. The first-order chi connectivity index (χ1) is 20.9. The molecule has 0 amide bonds. The predicted molar refractivity (Wildman–Crippen MR) is 122 cm³/mol. The van der Waals surface area contributed by atoms with Gasteiger partial charge in [-0.2, -0.15) is 0 Å². The first-order valence-electron chi connectivity index (χ1n) is 17.0. The molecule has 0 bridgehead atoms. The molecular weight excluding hydrogens is 386 g/mol. The van der Waals surface area contributed by atoms with Gasteiger partial charge in [-0.05, 0) is 54.6 Å². The molecule has 1 atom stereocenters. The molecule has 2 heterocycles. The minimum Gasteiger partial charge on any atom is -0.454 e. The Morgan fingerprint density at radius 3 is 2.48 bits per heavy atom. The smallest absolute Gasteiger partial charge is 0.231 e. The van der Waals surface area contributed by atoms with Crippen molar-refractivity contribution >= 4 is 0 Å². The van der Waals surface area contributed by atoms with E-state index in [0.29, 0.717) is 19.4 Å². The van der Waals surface area contributed by atoms with E-state index >= 15 is 0 Å². The lowest BCUT2D eigenvalue weighted by Gasteiger charge is -2.35. The van der Waals surface area contributed by atoms with Crippen molar-refractivity contribution in [1.29, 1.82) is 0 Å². The van der Waals surface area contributed by atoms with Gasteiger partial charge in [0.1, 0.15) is 8.85 Å². The van der Waals surface area contributed by atoms with Gasteiger partial charge in [-0.25, -0.2) is 0 Å². The third-order valence-corrected chi connectivity index (χ3v) is 5.11. The van der Waals surface area contributed by atoms with Gasteiger partial charge in [0, 0.05) is 15.8 Å². The standard InChI is InChI=1S/C27H29NO3/c1-3-8-22(9-4-1)27(23-10-5-2-6-11-23)31-24-12-7-16-28(19-24)17-15-21-13-14-25-26(18-21)30-20-29-25/h1-6,8-11,13-14,18,24,27H,7,12,15-17,19-20H2/t24-/m1/s1/i1D,2D,3D,4D,5D,6D,8D,9D,10D,11D,15D2,20D2. The zero-order valence-electron chi connectivity index (χ0n) is 30.6. The SMILES string of the molecule is [2H]c1c([2H])c([2H])c(C(O[C@@H]2CCCN(CC([2H])([2H])c3ccc4c(c3)OC([2H])([2H])O4)C2)c2c([2H])c([2H])c([2H])c([2H])c2[2H])c([2H])c1[2H]. The van der Waals surface area contributed by atoms with E-state index < -0.39 is 85.8 Å². The highest BCUT2D eigenvalue weighted by molar-refractivity contribution is 5.44. The summed E-state index contributed by atoms with van der Waals surface area (Å²) >= 11 is 0. The first kappa shape index (κ1) is 9.76. The van der Waals surface area contributed by atoms with Gasteiger partial charge in [0.15, 0.2) is 11.5 Å². The monoisotopic (exact) mass is 429 g/mol. The number of ether oxygens (including phenoxy) is 3. The lowest BCUT2D eigenvalue weighted by Crippen LogP contribution is -2.41. The summed E-state index contributed by atoms with van der Waals surface area (Å²) < 4.78 is 132. The van der Waals surface area contributed by atoms with Crippen LogP contribution in [0.2, 0.25) is 0 Å². The Hall–Kier alpha value is -2.82. The Labute approximate surface area is 204 Å². The maximum Gasteiger partial charge on any atom is 0.231 e. The van der Waals surface area contributed by atoms with Crippen LogP contribution < -0.4 is 9.47 Å². The van der Waals surface area contributed by atoms with Crippen LogP contribution in [0, 0.1) is 0 Å². The molecule has 160 valence electrons. The van der Waals surface area contributed by atoms with Crippen LogP contribution in [0.1, 0.15) is 54.8 Å². The van der Waals surface area contributed by atoms with Gasteiger partial charge < -0.3 is 19.1 Å². The molecule has 4 nitrogen and oxygen atoms in total. The minimum absolute atomic E-state index is 0.0707. The van der Waals surface area contributed by atoms with Crippen LogP contribution >= 0.6 is 0 Å². The van der Waals surface area contributed by atoms with Gasteiger partial charge in [0.2, 0.25) is 6.75 Å². The summed E-state index contributed by atoms with van der Waals surface area (Å²) in [5.41, 5.74) is -0.513. The van der Waals surface area contributed by atoms with Crippen molar-refractivity contribution in [2.45, 2.75) is 31.4 Å². The van der Waals surface area contributed by atoms with Gasteiger partial charge in [0.25, 0.3) is 0 Å². The lowest BCUT2D eigenvalue weighted by molar-refractivity contribution is -0.0330. The molecule has 0 aliphatic carbocycles. The molecule has 2 aliphatic rings. The summed E-state index contributed by atoms with van der Waals surface area (Å²) in [5.74, 6) is 0.221. The van der Waals surface area contributed by atoms with Crippen molar-refractivity contribution < 1.29 is 33.4 Å². The van der Waals surface area contributed by atoms with Crippen molar-refractivity contribution in [3.05, 3.63) is 95.3 Å². The van der Waals surface area contributed by atoms with E-state index in [-0.39, 0.29) is 41.3 Å². The van der Waals surface area contributed by atoms with Crippen molar-refractivity contribution in [1.82, 2.24) is 4.90 Å². The van der Waals surface area contributed by atoms with E-state index in [1.165, 1.54) is 18.2 Å². The number of hydrogen-bond donors (Lipinski definition) is 0. The van der Waals surface area contributed by atoms with Crippen LogP contribution in [0.3, 0.4) is 0 Å². The average molecular weight is 430 g/mol. The molecule has 0 saturated carbocycles. The van der Waals surface area contributed by atoms with Gasteiger partial charge in [-0.1, -0.05) is 66.5 Å². The highest BCUT2D eigenvalue weighted by atomic mass is 16.7. The number of hydrogen-bond acceptors (Lipinski definition) is 4. The molecule has 5 rings (SSSR count). The predicted octanol–water partition coefficient (Wildman–Crippen LogP) is 5.23. The Bertz CT molecular complexity index is 1540. The topological polar surface area (TPSA) is 30.9 Å². The fraction of sp³-hybridized carbons (Fsp3) is 0.333. The van der Waals surface area contributed by atoms with E-state index in [1.807, 2.05) is 0 Å². The average Bonchev–Trinajstić information content (AvgIpc) is 3.30. The number of fused-ring (bicyclic) bond motifs is 1. The zero-order valence-corrected chi connectivity index (χ0v) is 16.6. The van der Waals surface area contributed by atoms with Crippen LogP contribution in [0.4, 0.5) is 0 Å². The molecular formula is C27H29NO3. The van der Waals surface area contributed by atoms with E-state index in [4.69, 9.17) is 33.4 Å². The van der Waals surface area contributed by atoms with Crippen molar-refractivity contribution in [3.63, 3.8) is 0 Å². The Morgan fingerprint density at radius 2 is 1.74 bits per heavy atom. The highest BCUT2D eigenvalue weighted by Crippen LogP contribution is 2.33. The lowest BCUT2D eigenvalue weighted by atomic mass is 10.00. The van der Waals surface area contributed by atoms with Gasteiger partial charge in [-0.3, -0.25) is 0 Å². The van der Waals surface area contributed by atoms with E-state index in [2.05, 4.69) is 0 Å². The molecule has 0 unspecified atom stereocenters. The van der Waals surface area contributed by atoms with E-state index in [1.54, 1.807) is 4.90 Å². The molecule has 0 radical (unpaired) electrons. The number of nitrogens with zero attached hydrogens (tertiary/aromatic N) is 1. The third kappa shape index (κ3) is 4.92. The highest BCUT2D eigenvalue weighted by Gasteiger charge is 2.25. The normalized spacial score (nSPS) is 26.9. The third-order valence-electron chi connectivity index (χ3n) is 5.11. The maximum absolute atomic E-state index is 8.76. The minimum atomic E-state index is -2.36.